The Balaban J connectivity index is 2.60. The lowest BCUT2D eigenvalue weighted by Gasteiger charge is -2.16. The minimum Gasteiger partial charge on any atom is -0.480 e. The van der Waals surface area contributed by atoms with Crippen molar-refractivity contribution in [1.29, 1.82) is 0 Å². The molecule has 0 fully saturated rings. The van der Waals surface area contributed by atoms with E-state index in [4.69, 9.17) is 11.5 Å². The van der Waals surface area contributed by atoms with Crippen molar-refractivity contribution in [3.8, 4) is 12.3 Å². The van der Waals surface area contributed by atoms with Crippen LogP contribution < -0.4 is 0 Å². The first-order chi connectivity index (χ1) is 8.78. The second-order valence-corrected chi connectivity index (χ2v) is 4.11. The minimum atomic E-state index is -3.56. The Morgan fingerprint density at radius 3 is 2.74 bits per heavy atom. The van der Waals surface area contributed by atoms with E-state index in [9.17, 15) is 22.4 Å². The van der Waals surface area contributed by atoms with Crippen molar-refractivity contribution in [2.75, 3.05) is 0 Å². The van der Waals surface area contributed by atoms with E-state index in [2.05, 4.69) is 5.10 Å². The zero-order chi connectivity index (χ0) is 14.4. The fourth-order valence-corrected chi connectivity index (χ4v) is 2.17. The smallest absolute Gasteiger partial charge is 0.325 e. The molecule has 2 rings (SSSR count). The highest BCUT2D eigenvalue weighted by Crippen LogP contribution is 2.48. The van der Waals surface area contributed by atoms with Crippen molar-refractivity contribution >= 4 is 5.97 Å². The zero-order valence-electron chi connectivity index (χ0n) is 9.41. The molecule has 1 N–H and O–H groups in total. The summed E-state index contributed by atoms with van der Waals surface area (Å²) in [6.07, 6.45) is 1.47. The lowest BCUT2D eigenvalue weighted by Crippen LogP contribution is -2.25. The van der Waals surface area contributed by atoms with Crippen molar-refractivity contribution in [3.63, 3.8) is 0 Å². The summed E-state index contributed by atoms with van der Waals surface area (Å²) in [7, 11) is 0. The van der Waals surface area contributed by atoms with E-state index in [1.165, 1.54) is 0 Å². The number of fused-ring (bicyclic) bond motifs is 1. The number of rotatable bonds is 3. The van der Waals surface area contributed by atoms with Gasteiger partial charge in [0.25, 0.3) is 6.43 Å². The van der Waals surface area contributed by atoms with Crippen molar-refractivity contribution in [3.05, 3.63) is 17.0 Å². The highest BCUT2D eigenvalue weighted by Gasteiger charge is 2.53. The first-order valence-electron chi connectivity index (χ1n) is 5.23. The third kappa shape index (κ3) is 1.95. The lowest BCUT2D eigenvalue weighted by atomic mass is 10.0. The Morgan fingerprint density at radius 2 is 2.26 bits per heavy atom. The van der Waals surface area contributed by atoms with E-state index in [1.54, 1.807) is 0 Å². The standard InChI is InChI=1S/C11H8F4N2O2/c1-2-5-3-6-8(10(12)13)16-17(4-7(18)19)9(6)11(5,14)15/h1,5,10H,3-4H2,(H,18,19). The van der Waals surface area contributed by atoms with E-state index in [1.807, 2.05) is 5.92 Å². The Bertz CT molecular complexity index is 574. The number of alkyl halides is 4. The molecule has 1 aromatic rings. The van der Waals surface area contributed by atoms with Crippen LogP contribution in [0, 0.1) is 18.3 Å². The summed E-state index contributed by atoms with van der Waals surface area (Å²) in [4.78, 5) is 10.6. The maximum absolute atomic E-state index is 13.9. The maximum Gasteiger partial charge on any atom is 0.325 e. The SMILES string of the molecule is C#CC1Cc2c(C(F)F)nn(CC(=O)O)c2C1(F)F. The number of hydrogen-bond donors (Lipinski definition) is 1. The number of hydrogen-bond acceptors (Lipinski definition) is 2. The topological polar surface area (TPSA) is 55.1 Å². The molecule has 0 saturated heterocycles. The molecule has 1 aromatic heterocycles. The van der Waals surface area contributed by atoms with E-state index in [0.29, 0.717) is 4.68 Å². The Morgan fingerprint density at radius 1 is 1.63 bits per heavy atom. The van der Waals surface area contributed by atoms with Gasteiger partial charge in [0.05, 0.1) is 5.92 Å². The molecule has 0 amide bonds. The summed E-state index contributed by atoms with van der Waals surface area (Å²) in [5, 5.41) is 11.9. The zero-order valence-corrected chi connectivity index (χ0v) is 9.41. The molecule has 102 valence electrons. The molecule has 1 atom stereocenters. The summed E-state index contributed by atoms with van der Waals surface area (Å²) in [6.45, 7) is -0.915. The largest absolute Gasteiger partial charge is 0.480 e. The fraction of sp³-hybridized carbons (Fsp3) is 0.455. The van der Waals surface area contributed by atoms with Gasteiger partial charge in [0.15, 0.2) is 0 Å². The highest BCUT2D eigenvalue weighted by molar-refractivity contribution is 5.66. The molecule has 1 aliphatic rings. The highest BCUT2D eigenvalue weighted by atomic mass is 19.3. The predicted molar refractivity (Wildman–Crippen MR) is 54.7 cm³/mol. The number of carboxylic acids is 1. The van der Waals surface area contributed by atoms with E-state index < -0.39 is 48.6 Å². The van der Waals surface area contributed by atoms with Crippen LogP contribution in [0.15, 0.2) is 0 Å². The van der Waals surface area contributed by atoms with E-state index in [0.717, 1.165) is 0 Å². The van der Waals surface area contributed by atoms with Crippen LogP contribution in [0.3, 0.4) is 0 Å². The van der Waals surface area contributed by atoms with Crippen LogP contribution >= 0.6 is 0 Å². The van der Waals surface area contributed by atoms with Crippen molar-refractivity contribution in [1.82, 2.24) is 9.78 Å². The molecule has 8 heteroatoms. The minimum absolute atomic E-state index is 0.343. The quantitative estimate of drug-likeness (QED) is 0.676. The van der Waals surface area contributed by atoms with Gasteiger partial charge >= 0.3 is 11.9 Å². The molecule has 1 heterocycles. The predicted octanol–water partition coefficient (Wildman–Crippen LogP) is 1.80. The summed E-state index contributed by atoms with van der Waals surface area (Å²) in [6, 6.07) is 0. The van der Waals surface area contributed by atoms with Gasteiger partial charge in [0.2, 0.25) is 0 Å². The monoisotopic (exact) mass is 276 g/mol. The van der Waals surface area contributed by atoms with Gasteiger partial charge in [-0.1, -0.05) is 5.92 Å². The Hall–Kier alpha value is -2.04. The van der Waals surface area contributed by atoms with Crippen LogP contribution in [-0.2, 0) is 23.7 Å². The van der Waals surface area contributed by atoms with Crippen molar-refractivity contribution in [2.45, 2.75) is 25.3 Å². The van der Waals surface area contributed by atoms with Gasteiger partial charge in [0.1, 0.15) is 17.9 Å². The number of carboxylic acid groups (broad SMARTS) is 1. The second kappa shape index (κ2) is 4.26. The third-order valence-corrected chi connectivity index (χ3v) is 2.94. The first kappa shape index (κ1) is 13.4. The molecule has 0 bridgehead atoms. The maximum atomic E-state index is 13.9. The van der Waals surface area contributed by atoms with Crippen LogP contribution in [0.1, 0.15) is 23.4 Å². The molecular formula is C11H8F4N2O2. The molecular weight excluding hydrogens is 268 g/mol. The van der Waals surface area contributed by atoms with Crippen LogP contribution in [0.4, 0.5) is 17.6 Å². The summed E-state index contributed by atoms with van der Waals surface area (Å²) in [5.41, 5.74) is -1.98. The number of aromatic nitrogens is 2. The van der Waals surface area contributed by atoms with Crippen molar-refractivity contribution in [2.24, 2.45) is 5.92 Å². The van der Waals surface area contributed by atoms with Gasteiger partial charge in [-0.05, 0) is 6.42 Å². The van der Waals surface area contributed by atoms with Gasteiger partial charge in [-0.15, -0.1) is 6.42 Å². The average molecular weight is 276 g/mol. The first-order valence-corrected chi connectivity index (χ1v) is 5.23. The third-order valence-electron chi connectivity index (χ3n) is 2.94. The molecule has 0 radical (unpaired) electrons. The molecule has 0 spiro atoms. The normalized spacial score (nSPS) is 20.3. The second-order valence-electron chi connectivity index (χ2n) is 4.11. The van der Waals surface area contributed by atoms with Crippen LogP contribution in [0.2, 0.25) is 0 Å². The van der Waals surface area contributed by atoms with Gasteiger partial charge in [-0.25, -0.2) is 8.78 Å². The van der Waals surface area contributed by atoms with Gasteiger partial charge in [0, 0.05) is 5.56 Å². The van der Waals surface area contributed by atoms with Crippen LogP contribution in [0.25, 0.3) is 0 Å². The molecule has 19 heavy (non-hydrogen) atoms. The fourth-order valence-electron chi connectivity index (χ4n) is 2.17. The number of nitrogens with zero attached hydrogens (tertiary/aromatic N) is 2. The van der Waals surface area contributed by atoms with Crippen LogP contribution in [0.5, 0.6) is 0 Å². The van der Waals surface area contributed by atoms with E-state index >= 15 is 0 Å². The molecule has 1 aliphatic carbocycles. The molecule has 0 saturated carbocycles. The van der Waals surface area contributed by atoms with Gasteiger partial charge in [-0.3, -0.25) is 9.48 Å². The summed E-state index contributed by atoms with van der Waals surface area (Å²) >= 11 is 0. The van der Waals surface area contributed by atoms with Gasteiger partial charge < -0.3 is 5.11 Å². The summed E-state index contributed by atoms with van der Waals surface area (Å²) < 4.78 is 53.8. The van der Waals surface area contributed by atoms with E-state index in [-0.39, 0.29) is 5.56 Å². The molecule has 0 aliphatic heterocycles. The Labute approximate surface area is 105 Å². The molecule has 1 unspecified atom stereocenters. The van der Waals surface area contributed by atoms with Gasteiger partial charge in [-0.2, -0.15) is 13.9 Å². The van der Waals surface area contributed by atoms with Crippen molar-refractivity contribution < 1.29 is 27.5 Å². The average Bonchev–Trinajstić information content (AvgIpc) is 2.75. The molecule has 0 aromatic carbocycles. The lowest BCUT2D eigenvalue weighted by molar-refractivity contribution is -0.138. The van der Waals surface area contributed by atoms with Crippen LogP contribution in [-0.4, -0.2) is 20.9 Å². The summed E-state index contributed by atoms with van der Waals surface area (Å²) in [5.74, 6) is -4.72. The Kier molecular flexibility index (Phi) is 3.00. The molecule has 4 nitrogen and oxygen atoms in total. The number of terminal acetylenes is 1. The number of carbonyl (C=O) groups is 1. The number of aliphatic carboxylic acids is 1. The number of halogens is 4.